The van der Waals surface area contributed by atoms with Crippen molar-refractivity contribution in [2.75, 3.05) is 0 Å². The summed E-state index contributed by atoms with van der Waals surface area (Å²) in [6.45, 7) is 5.71. The molecule has 1 aliphatic carbocycles. The van der Waals surface area contributed by atoms with Crippen LogP contribution in [0.15, 0.2) is 6.07 Å². The summed E-state index contributed by atoms with van der Waals surface area (Å²) < 4.78 is 5.34. The van der Waals surface area contributed by atoms with Crippen molar-refractivity contribution < 1.29 is 14.3 Å². The van der Waals surface area contributed by atoms with E-state index in [1.807, 2.05) is 13.0 Å². The first-order valence-electron chi connectivity index (χ1n) is 8.62. The predicted octanol–water partition coefficient (Wildman–Crippen LogP) is 4.00. The fourth-order valence-corrected chi connectivity index (χ4v) is 3.98. The van der Waals surface area contributed by atoms with E-state index in [2.05, 4.69) is 12.2 Å². The van der Waals surface area contributed by atoms with Crippen LogP contribution in [0, 0.1) is 6.92 Å². The van der Waals surface area contributed by atoms with Crippen molar-refractivity contribution in [1.29, 1.82) is 0 Å². The lowest BCUT2D eigenvalue weighted by molar-refractivity contribution is -0.129. The Bertz CT molecular complexity index is 544. The van der Waals surface area contributed by atoms with Crippen molar-refractivity contribution in [3.63, 3.8) is 0 Å². The number of nitrogens with one attached hydrogen (secondary N) is 1. The zero-order chi connectivity index (χ0) is 16.8. The molecule has 1 amide bonds. The number of carbonyl (C=O) groups is 2. The van der Waals surface area contributed by atoms with E-state index < -0.39 is 12.1 Å². The molecular formula is C18H27NO3S. The van der Waals surface area contributed by atoms with Crippen LogP contribution in [0.5, 0.6) is 0 Å². The Balaban J connectivity index is 1.87. The first kappa shape index (κ1) is 18.0. The third kappa shape index (κ3) is 5.06. The number of ether oxygens (including phenoxy) is 1. The van der Waals surface area contributed by atoms with Crippen molar-refractivity contribution in [2.24, 2.45) is 0 Å². The SMILES string of the molecule is CCc1cc(C(=O)O[C@@H](C)C(=O)NC2CCCCCC2)sc1C. The van der Waals surface area contributed by atoms with Crippen molar-refractivity contribution in [3.8, 4) is 0 Å². The third-order valence-corrected chi connectivity index (χ3v) is 5.53. The molecule has 4 nitrogen and oxygen atoms in total. The van der Waals surface area contributed by atoms with Gasteiger partial charge >= 0.3 is 5.97 Å². The van der Waals surface area contributed by atoms with Crippen LogP contribution in [0.3, 0.4) is 0 Å². The number of amides is 1. The number of aryl methyl sites for hydroxylation is 2. The van der Waals surface area contributed by atoms with E-state index in [1.165, 1.54) is 24.2 Å². The van der Waals surface area contributed by atoms with E-state index in [0.717, 1.165) is 42.5 Å². The topological polar surface area (TPSA) is 55.4 Å². The molecule has 1 aromatic rings. The number of esters is 1. The van der Waals surface area contributed by atoms with Gasteiger partial charge in [-0.1, -0.05) is 32.6 Å². The Kier molecular flexibility index (Phi) is 6.63. The largest absolute Gasteiger partial charge is 0.448 e. The van der Waals surface area contributed by atoms with Gasteiger partial charge in [-0.15, -0.1) is 11.3 Å². The third-order valence-electron chi connectivity index (χ3n) is 4.46. The maximum absolute atomic E-state index is 12.2. The second kappa shape index (κ2) is 8.48. The standard InChI is InChI=1S/C18H27NO3S/c1-4-14-11-16(23-13(14)3)18(21)22-12(2)17(20)19-15-9-7-5-6-8-10-15/h11-12,15H,4-10H2,1-3H3,(H,19,20)/t12-/m0/s1. The molecule has 1 N–H and O–H groups in total. The molecule has 1 aromatic heterocycles. The number of hydrogen-bond donors (Lipinski definition) is 1. The minimum Gasteiger partial charge on any atom is -0.448 e. The van der Waals surface area contributed by atoms with Gasteiger partial charge in [0.2, 0.25) is 0 Å². The molecule has 23 heavy (non-hydrogen) atoms. The highest BCUT2D eigenvalue weighted by atomic mass is 32.1. The van der Waals surface area contributed by atoms with Crippen LogP contribution in [0.2, 0.25) is 0 Å². The molecule has 0 aromatic carbocycles. The van der Waals surface area contributed by atoms with Crippen LogP contribution < -0.4 is 5.32 Å². The lowest BCUT2D eigenvalue weighted by atomic mass is 10.1. The summed E-state index contributed by atoms with van der Waals surface area (Å²) in [5.41, 5.74) is 1.16. The Morgan fingerprint density at radius 3 is 2.52 bits per heavy atom. The monoisotopic (exact) mass is 337 g/mol. The molecule has 1 atom stereocenters. The lowest BCUT2D eigenvalue weighted by Crippen LogP contribution is -2.41. The van der Waals surface area contributed by atoms with Crippen LogP contribution in [0.25, 0.3) is 0 Å². The van der Waals surface area contributed by atoms with Gasteiger partial charge in [-0.05, 0) is 44.7 Å². The van der Waals surface area contributed by atoms with Crippen LogP contribution in [-0.4, -0.2) is 24.0 Å². The van der Waals surface area contributed by atoms with E-state index in [4.69, 9.17) is 4.74 Å². The molecule has 0 bridgehead atoms. The molecule has 0 unspecified atom stereocenters. The number of rotatable bonds is 5. The Morgan fingerprint density at radius 2 is 1.96 bits per heavy atom. The van der Waals surface area contributed by atoms with Gasteiger partial charge in [0.05, 0.1) is 0 Å². The van der Waals surface area contributed by atoms with Crippen LogP contribution in [0.1, 0.15) is 72.5 Å². The molecule has 1 fully saturated rings. The predicted molar refractivity (Wildman–Crippen MR) is 92.9 cm³/mol. The minimum absolute atomic E-state index is 0.186. The number of thiophene rings is 1. The second-order valence-corrected chi connectivity index (χ2v) is 7.55. The van der Waals surface area contributed by atoms with Gasteiger partial charge in [0.1, 0.15) is 4.88 Å². The average molecular weight is 337 g/mol. The maximum Gasteiger partial charge on any atom is 0.349 e. The van der Waals surface area contributed by atoms with E-state index in [9.17, 15) is 9.59 Å². The van der Waals surface area contributed by atoms with Gasteiger partial charge in [0.15, 0.2) is 6.10 Å². The molecule has 0 spiro atoms. The quantitative estimate of drug-likeness (QED) is 0.652. The summed E-state index contributed by atoms with van der Waals surface area (Å²) in [7, 11) is 0. The summed E-state index contributed by atoms with van der Waals surface area (Å²) in [5.74, 6) is -0.587. The Hall–Kier alpha value is -1.36. The molecule has 1 heterocycles. The van der Waals surface area contributed by atoms with Crippen LogP contribution >= 0.6 is 11.3 Å². The van der Waals surface area contributed by atoms with Gasteiger partial charge in [0.25, 0.3) is 5.91 Å². The minimum atomic E-state index is -0.752. The van der Waals surface area contributed by atoms with Crippen molar-refractivity contribution in [3.05, 3.63) is 21.4 Å². The zero-order valence-corrected chi connectivity index (χ0v) is 15.1. The molecule has 0 radical (unpaired) electrons. The molecule has 1 aliphatic rings. The molecular weight excluding hydrogens is 310 g/mol. The van der Waals surface area contributed by atoms with Crippen LogP contribution in [0.4, 0.5) is 0 Å². The highest BCUT2D eigenvalue weighted by Crippen LogP contribution is 2.23. The lowest BCUT2D eigenvalue weighted by Gasteiger charge is -2.19. The van der Waals surface area contributed by atoms with Crippen molar-refractivity contribution in [2.45, 2.75) is 77.9 Å². The average Bonchev–Trinajstić information content (AvgIpc) is 2.72. The summed E-state index contributed by atoms with van der Waals surface area (Å²) in [5, 5.41) is 3.03. The first-order valence-corrected chi connectivity index (χ1v) is 9.43. The van der Waals surface area contributed by atoms with E-state index in [1.54, 1.807) is 6.92 Å². The van der Waals surface area contributed by atoms with Gasteiger partial charge in [-0.25, -0.2) is 4.79 Å². The van der Waals surface area contributed by atoms with Crippen molar-refractivity contribution >= 4 is 23.2 Å². The molecule has 0 aliphatic heterocycles. The van der Waals surface area contributed by atoms with Gasteiger partial charge in [-0.3, -0.25) is 4.79 Å². The molecule has 5 heteroatoms. The fourth-order valence-electron chi connectivity index (χ4n) is 2.99. The van der Waals surface area contributed by atoms with Gasteiger partial charge in [0, 0.05) is 10.9 Å². The summed E-state index contributed by atoms with van der Waals surface area (Å²) in [4.78, 5) is 26.1. The molecule has 128 valence electrons. The summed E-state index contributed by atoms with van der Waals surface area (Å²) in [6, 6.07) is 2.10. The van der Waals surface area contributed by atoms with Gasteiger partial charge < -0.3 is 10.1 Å². The zero-order valence-electron chi connectivity index (χ0n) is 14.3. The molecule has 2 rings (SSSR count). The van der Waals surface area contributed by atoms with E-state index >= 15 is 0 Å². The second-order valence-electron chi connectivity index (χ2n) is 6.29. The number of carbonyl (C=O) groups excluding carboxylic acids is 2. The molecule has 1 saturated carbocycles. The van der Waals surface area contributed by atoms with Crippen LogP contribution in [-0.2, 0) is 16.0 Å². The normalized spacial score (nSPS) is 17.3. The number of hydrogen-bond acceptors (Lipinski definition) is 4. The maximum atomic E-state index is 12.2. The fraction of sp³-hybridized carbons (Fsp3) is 0.667. The highest BCUT2D eigenvalue weighted by Gasteiger charge is 2.23. The van der Waals surface area contributed by atoms with Gasteiger partial charge in [-0.2, -0.15) is 0 Å². The van der Waals surface area contributed by atoms with E-state index in [-0.39, 0.29) is 11.9 Å². The Labute approximate surface area is 142 Å². The summed E-state index contributed by atoms with van der Waals surface area (Å²) >= 11 is 1.43. The highest BCUT2D eigenvalue weighted by molar-refractivity contribution is 7.14. The molecule has 0 saturated heterocycles. The van der Waals surface area contributed by atoms with E-state index in [0.29, 0.717) is 4.88 Å². The van der Waals surface area contributed by atoms with Crippen molar-refractivity contribution in [1.82, 2.24) is 5.32 Å². The summed E-state index contributed by atoms with van der Waals surface area (Å²) in [6.07, 6.45) is 7.00. The smallest absolute Gasteiger partial charge is 0.349 e. The first-order chi connectivity index (χ1) is 11.0. The Morgan fingerprint density at radius 1 is 1.30 bits per heavy atom.